The van der Waals surface area contributed by atoms with E-state index in [1.807, 2.05) is 0 Å². The Morgan fingerprint density at radius 3 is 2.58 bits per heavy atom. The van der Waals surface area contributed by atoms with Gasteiger partial charge < -0.3 is 0 Å². The van der Waals surface area contributed by atoms with Crippen molar-refractivity contribution < 1.29 is 14.1 Å². The molecule has 3 aromatic rings. The fourth-order valence-corrected chi connectivity index (χ4v) is 2.54. The van der Waals surface area contributed by atoms with Crippen LogP contribution in [0.4, 0.5) is 10.1 Å². The van der Waals surface area contributed by atoms with Crippen molar-refractivity contribution in [3.05, 3.63) is 93.6 Å². The summed E-state index contributed by atoms with van der Waals surface area (Å²) >= 11 is 0. The highest BCUT2D eigenvalue weighted by Gasteiger charge is 2.14. The molecule has 0 fully saturated rings. The highest BCUT2D eigenvalue weighted by molar-refractivity contribution is 6.07. The lowest BCUT2D eigenvalue weighted by Crippen LogP contribution is -2.02. The van der Waals surface area contributed by atoms with E-state index in [-0.39, 0.29) is 17.3 Å². The number of nitrogens with zero attached hydrogens (tertiary/aromatic N) is 3. The number of para-hydroxylation sites is 1. The topological polar surface area (TPSA) is 78.0 Å². The molecule has 0 unspecified atom stereocenters. The van der Waals surface area contributed by atoms with E-state index in [0.29, 0.717) is 22.5 Å². The monoisotopic (exact) mass is 351 g/mol. The minimum absolute atomic E-state index is 0.0738. The molecule has 0 amide bonds. The predicted molar refractivity (Wildman–Crippen MR) is 94.7 cm³/mol. The van der Waals surface area contributed by atoms with Crippen LogP contribution in [0.5, 0.6) is 0 Å². The Kier molecular flexibility index (Phi) is 4.70. The molecule has 0 atom stereocenters. The number of nitro groups is 1. The Morgan fingerprint density at radius 2 is 1.88 bits per heavy atom. The van der Waals surface area contributed by atoms with Crippen LogP contribution in [0.1, 0.15) is 21.6 Å². The van der Waals surface area contributed by atoms with Crippen LogP contribution in [-0.4, -0.2) is 20.5 Å². The first-order valence-corrected chi connectivity index (χ1v) is 7.74. The van der Waals surface area contributed by atoms with Crippen LogP contribution in [0.3, 0.4) is 0 Å². The second-order valence-electron chi connectivity index (χ2n) is 5.55. The second-order valence-corrected chi connectivity index (χ2v) is 5.55. The summed E-state index contributed by atoms with van der Waals surface area (Å²) < 4.78 is 14.6. The van der Waals surface area contributed by atoms with E-state index in [9.17, 15) is 19.3 Å². The number of rotatable bonds is 5. The molecule has 0 aliphatic rings. The summed E-state index contributed by atoms with van der Waals surface area (Å²) in [7, 11) is 0. The Morgan fingerprint density at radius 1 is 1.19 bits per heavy atom. The fourth-order valence-electron chi connectivity index (χ4n) is 2.54. The largest absolute Gasteiger partial charge is 0.289 e. The van der Waals surface area contributed by atoms with E-state index < -0.39 is 4.92 Å². The molecule has 26 heavy (non-hydrogen) atoms. The van der Waals surface area contributed by atoms with E-state index in [2.05, 4.69) is 5.10 Å². The molecule has 0 aliphatic heterocycles. The van der Waals surface area contributed by atoms with Crippen molar-refractivity contribution in [2.75, 3.05) is 0 Å². The predicted octanol–water partition coefficient (Wildman–Crippen LogP) is 4.12. The van der Waals surface area contributed by atoms with Crippen molar-refractivity contribution in [1.29, 1.82) is 0 Å². The Hall–Kier alpha value is -3.61. The van der Waals surface area contributed by atoms with Gasteiger partial charge in [0.25, 0.3) is 5.69 Å². The number of carbonyl (C=O) groups is 1. The van der Waals surface area contributed by atoms with Gasteiger partial charge in [-0.05, 0) is 49.4 Å². The average Bonchev–Trinajstić information content (AvgIpc) is 3.02. The molecule has 2 aromatic carbocycles. The zero-order valence-electron chi connectivity index (χ0n) is 13.8. The average molecular weight is 351 g/mol. The number of nitro benzene ring substituents is 1. The molecule has 0 N–H and O–H groups in total. The molecule has 6 nitrogen and oxygen atoms in total. The van der Waals surface area contributed by atoms with Gasteiger partial charge in [0, 0.05) is 6.07 Å². The van der Waals surface area contributed by atoms with E-state index in [1.54, 1.807) is 37.3 Å². The zero-order chi connectivity index (χ0) is 18.7. The van der Waals surface area contributed by atoms with Crippen molar-refractivity contribution in [2.45, 2.75) is 6.92 Å². The van der Waals surface area contributed by atoms with Crippen molar-refractivity contribution in [2.24, 2.45) is 0 Å². The summed E-state index contributed by atoms with van der Waals surface area (Å²) in [6, 6.07) is 11.9. The molecule has 0 radical (unpaired) electrons. The molecule has 0 spiro atoms. The van der Waals surface area contributed by atoms with Crippen molar-refractivity contribution in [3.8, 4) is 5.69 Å². The Bertz CT molecular complexity index is 1010. The molecule has 0 aliphatic carbocycles. The number of aromatic nitrogens is 2. The number of benzene rings is 2. The van der Waals surface area contributed by atoms with Gasteiger partial charge in [0.2, 0.25) is 0 Å². The van der Waals surface area contributed by atoms with E-state index in [1.165, 1.54) is 41.2 Å². The van der Waals surface area contributed by atoms with Crippen molar-refractivity contribution in [3.63, 3.8) is 0 Å². The number of hydrogen-bond acceptors (Lipinski definition) is 4. The van der Waals surface area contributed by atoms with Gasteiger partial charge in [-0.2, -0.15) is 5.10 Å². The summed E-state index contributed by atoms with van der Waals surface area (Å²) in [6.07, 6.45) is 4.11. The van der Waals surface area contributed by atoms with E-state index in [0.717, 1.165) is 0 Å². The lowest BCUT2D eigenvalue weighted by atomic mass is 10.1. The molecule has 3 rings (SSSR count). The summed E-state index contributed by atoms with van der Waals surface area (Å²) in [5.74, 6) is -0.684. The highest BCUT2D eigenvalue weighted by Crippen LogP contribution is 2.20. The second kappa shape index (κ2) is 7.10. The molecule has 0 saturated heterocycles. The fraction of sp³-hybridized carbons (Fsp3) is 0.0526. The van der Waals surface area contributed by atoms with Crippen LogP contribution in [-0.2, 0) is 0 Å². The number of halogens is 1. The van der Waals surface area contributed by atoms with Gasteiger partial charge in [-0.1, -0.05) is 12.1 Å². The minimum atomic E-state index is -0.498. The first-order valence-electron chi connectivity index (χ1n) is 7.74. The number of carbonyl (C=O) groups excluding carboxylic acids is 1. The van der Waals surface area contributed by atoms with Gasteiger partial charge in [-0.25, -0.2) is 9.07 Å². The minimum Gasteiger partial charge on any atom is -0.289 e. The molecule has 130 valence electrons. The highest BCUT2D eigenvalue weighted by atomic mass is 19.1. The Labute approximate surface area is 148 Å². The lowest BCUT2D eigenvalue weighted by Gasteiger charge is -2.04. The lowest BCUT2D eigenvalue weighted by molar-refractivity contribution is -0.385. The van der Waals surface area contributed by atoms with E-state index in [4.69, 9.17) is 0 Å². The van der Waals surface area contributed by atoms with Crippen molar-refractivity contribution in [1.82, 2.24) is 9.78 Å². The number of hydrogen-bond donors (Lipinski definition) is 0. The molecule has 0 bridgehead atoms. The normalized spacial score (nSPS) is 11.0. The molecule has 1 heterocycles. The van der Waals surface area contributed by atoms with Gasteiger partial charge >= 0.3 is 0 Å². The van der Waals surface area contributed by atoms with Gasteiger partial charge in [-0.15, -0.1) is 0 Å². The maximum atomic E-state index is 13.0. The summed E-state index contributed by atoms with van der Waals surface area (Å²) in [5.41, 5.74) is 1.85. The van der Waals surface area contributed by atoms with Crippen LogP contribution in [0.2, 0.25) is 0 Å². The molecule has 7 heteroatoms. The summed E-state index contributed by atoms with van der Waals surface area (Å²) in [4.78, 5) is 23.0. The third-order valence-electron chi connectivity index (χ3n) is 3.89. The maximum Gasteiger partial charge on any atom is 0.276 e. The van der Waals surface area contributed by atoms with Crippen LogP contribution in [0.25, 0.3) is 11.8 Å². The summed E-state index contributed by atoms with van der Waals surface area (Å²) in [6.45, 7) is 1.72. The number of ketones is 1. The Balaban J connectivity index is 1.88. The zero-order valence-corrected chi connectivity index (χ0v) is 13.8. The van der Waals surface area contributed by atoms with Crippen LogP contribution >= 0.6 is 0 Å². The standard InChI is InChI=1S/C19H14FN3O3/c1-13-17(12-21-22(13)16-9-7-15(20)8-10-16)19(24)11-6-14-4-2-3-5-18(14)23(25)26/h2-12H,1H3. The smallest absolute Gasteiger partial charge is 0.276 e. The van der Waals surface area contributed by atoms with Gasteiger partial charge in [0.15, 0.2) is 5.78 Å². The van der Waals surface area contributed by atoms with Crippen LogP contribution in [0.15, 0.2) is 60.8 Å². The number of allylic oxidation sites excluding steroid dienone is 1. The van der Waals surface area contributed by atoms with Crippen LogP contribution in [0, 0.1) is 22.9 Å². The third kappa shape index (κ3) is 3.41. The van der Waals surface area contributed by atoms with Gasteiger partial charge in [0.05, 0.1) is 33.6 Å². The van der Waals surface area contributed by atoms with Crippen molar-refractivity contribution >= 4 is 17.5 Å². The molecular weight excluding hydrogens is 337 g/mol. The van der Waals surface area contributed by atoms with Gasteiger partial charge in [0.1, 0.15) is 5.82 Å². The SMILES string of the molecule is Cc1c(C(=O)C=Cc2ccccc2[N+](=O)[O-])cnn1-c1ccc(F)cc1. The molecule has 0 saturated carbocycles. The third-order valence-corrected chi connectivity index (χ3v) is 3.89. The van der Waals surface area contributed by atoms with Gasteiger partial charge in [-0.3, -0.25) is 14.9 Å². The molecular formula is C19H14FN3O3. The first kappa shape index (κ1) is 17.2. The quantitative estimate of drug-likeness (QED) is 0.300. The summed E-state index contributed by atoms with van der Waals surface area (Å²) in [5, 5.41) is 15.2. The first-order chi connectivity index (χ1) is 12.5. The van der Waals surface area contributed by atoms with Crippen LogP contribution < -0.4 is 0 Å². The van der Waals surface area contributed by atoms with E-state index >= 15 is 0 Å². The maximum absolute atomic E-state index is 13.0. The molecule has 1 aromatic heterocycles.